The molecule has 2 heterocycles. The Morgan fingerprint density at radius 1 is 0.846 bits per heavy atom. The maximum Gasteiger partial charge on any atom is 0.161 e. The molecule has 0 N–H and O–H groups in total. The van der Waals surface area contributed by atoms with Gasteiger partial charge in [0.05, 0.1) is 0 Å². The summed E-state index contributed by atoms with van der Waals surface area (Å²) >= 11 is 6.32. The van der Waals surface area contributed by atoms with E-state index >= 15 is 0 Å². The van der Waals surface area contributed by atoms with Gasteiger partial charge >= 0.3 is 0 Å². The summed E-state index contributed by atoms with van der Waals surface area (Å²) in [4.78, 5) is 8.67. The standard InChI is InChI=1S/C22H19ClN2O/c1-22(2,3)14-6-8-15(9-7-14)26-16-10-11-17-19(13-16)18-5-4-12-24-21(18)25-20(17)23/h4-13H,1-3H3. The van der Waals surface area contributed by atoms with Crippen LogP contribution < -0.4 is 4.74 Å². The van der Waals surface area contributed by atoms with Crippen molar-refractivity contribution in [1.82, 2.24) is 9.97 Å². The fourth-order valence-electron chi connectivity index (χ4n) is 3.00. The molecule has 0 atom stereocenters. The lowest BCUT2D eigenvalue weighted by molar-refractivity contribution is 0.482. The lowest BCUT2D eigenvalue weighted by atomic mass is 9.87. The van der Waals surface area contributed by atoms with Crippen LogP contribution in [-0.2, 0) is 5.41 Å². The highest BCUT2D eigenvalue weighted by Gasteiger charge is 2.13. The molecule has 0 aliphatic heterocycles. The van der Waals surface area contributed by atoms with Crippen LogP contribution in [0.25, 0.3) is 21.8 Å². The number of halogens is 1. The Bertz CT molecular complexity index is 1100. The first-order chi connectivity index (χ1) is 12.4. The van der Waals surface area contributed by atoms with E-state index in [9.17, 15) is 0 Å². The largest absolute Gasteiger partial charge is 0.457 e. The lowest BCUT2D eigenvalue weighted by Crippen LogP contribution is -2.10. The van der Waals surface area contributed by atoms with E-state index in [1.807, 2.05) is 42.5 Å². The Kier molecular flexibility index (Phi) is 4.04. The van der Waals surface area contributed by atoms with Crippen LogP contribution in [0.3, 0.4) is 0 Å². The van der Waals surface area contributed by atoms with Gasteiger partial charge in [-0.2, -0.15) is 0 Å². The summed E-state index contributed by atoms with van der Waals surface area (Å²) in [5.41, 5.74) is 2.03. The number of ether oxygens (including phenoxy) is 1. The molecule has 0 aliphatic rings. The smallest absolute Gasteiger partial charge is 0.161 e. The molecule has 0 saturated heterocycles. The molecule has 0 unspecified atom stereocenters. The van der Waals surface area contributed by atoms with Crippen molar-refractivity contribution in [3.63, 3.8) is 0 Å². The third kappa shape index (κ3) is 3.11. The molecule has 0 aliphatic carbocycles. The average Bonchev–Trinajstić information content (AvgIpc) is 2.61. The number of rotatable bonds is 2. The van der Waals surface area contributed by atoms with Crippen LogP contribution >= 0.6 is 11.6 Å². The summed E-state index contributed by atoms with van der Waals surface area (Å²) in [6, 6.07) is 18.0. The predicted molar refractivity (Wildman–Crippen MR) is 107 cm³/mol. The van der Waals surface area contributed by atoms with Crippen molar-refractivity contribution in [2.45, 2.75) is 26.2 Å². The van der Waals surface area contributed by atoms with Gasteiger partial charge in [0.1, 0.15) is 16.7 Å². The van der Waals surface area contributed by atoms with Gasteiger partial charge in [0.2, 0.25) is 0 Å². The molecular formula is C22H19ClN2O. The zero-order valence-electron chi connectivity index (χ0n) is 15.0. The second kappa shape index (κ2) is 6.26. The molecular weight excluding hydrogens is 344 g/mol. The van der Waals surface area contributed by atoms with Gasteiger partial charge in [-0.3, -0.25) is 0 Å². The van der Waals surface area contributed by atoms with Crippen molar-refractivity contribution in [2.24, 2.45) is 0 Å². The van der Waals surface area contributed by atoms with Gasteiger partial charge in [0, 0.05) is 17.0 Å². The predicted octanol–water partition coefficient (Wildman–Crippen LogP) is 6.53. The summed E-state index contributed by atoms with van der Waals surface area (Å²) in [6.45, 7) is 6.59. The number of hydrogen-bond donors (Lipinski definition) is 0. The summed E-state index contributed by atoms with van der Waals surface area (Å²) in [7, 11) is 0. The minimum atomic E-state index is 0.122. The second-order valence-electron chi connectivity index (χ2n) is 7.36. The van der Waals surface area contributed by atoms with Gasteiger partial charge in [-0.15, -0.1) is 0 Å². The maximum atomic E-state index is 6.32. The molecule has 0 spiro atoms. The minimum absolute atomic E-state index is 0.122. The van der Waals surface area contributed by atoms with E-state index in [0.29, 0.717) is 10.8 Å². The van der Waals surface area contributed by atoms with E-state index in [2.05, 4.69) is 42.9 Å². The van der Waals surface area contributed by atoms with Gasteiger partial charge < -0.3 is 4.74 Å². The summed E-state index contributed by atoms with van der Waals surface area (Å²) in [6.07, 6.45) is 1.72. The first-order valence-corrected chi connectivity index (χ1v) is 8.92. The third-order valence-electron chi connectivity index (χ3n) is 4.45. The molecule has 2 aromatic carbocycles. The van der Waals surface area contributed by atoms with Crippen LogP contribution in [0, 0.1) is 0 Å². The molecule has 4 rings (SSSR count). The Balaban J connectivity index is 1.74. The van der Waals surface area contributed by atoms with E-state index in [1.165, 1.54) is 5.56 Å². The average molecular weight is 363 g/mol. The third-order valence-corrected chi connectivity index (χ3v) is 4.74. The molecule has 2 aromatic heterocycles. The minimum Gasteiger partial charge on any atom is -0.457 e. The highest BCUT2D eigenvalue weighted by Crippen LogP contribution is 2.33. The Morgan fingerprint density at radius 2 is 1.58 bits per heavy atom. The molecule has 0 amide bonds. The van der Waals surface area contributed by atoms with Crippen molar-refractivity contribution in [1.29, 1.82) is 0 Å². The van der Waals surface area contributed by atoms with Crippen LogP contribution in [0.1, 0.15) is 26.3 Å². The molecule has 0 radical (unpaired) electrons. The number of nitrogens with zero attached hydrogens (tertiary/aromatic N) is 2. The fraction of sp³-hybridized carbons (Fsp3) is 0.182. The van der Waals surface area contributed by atoms with E-state index in [4.69, 9.17) is 16.3 Å². The SMILES string of the molecule is CC(C)(C)c1ccc(Oc2ccc3c(Cl)nc4ncccc4c3c2)cc1. The summed E-state index contributed by atoms with van der Waals surface area (Å²) in [5, 5.41) is 3.28. The van der Waals surface area contributed by atoms with Crippen LogP contribution in [-0.4, -0.2) is 9.97 Å². The molecule has 4 heteroatoms. The lowest BCUT2D eigenvalue weighted by Gasteiger charge is -2.19. The van der Waals surface area contributed by atoms with E-state index < -0.39 is 0 Å². The first-order valence-electron chi connectivity index (χ1n) is 8.54. The van der Waals surface area contributed by atoms with Crippen molar-refractivity contribution in [3.05, 3.63) is 71.5 Å². The number of hydrogen-bond acceptors (Lipinski definition) is 3. The highest BCUT2D eigenvalue weighted by atomic mass is 35.5. The van der Waals surface area contributed by atoms with Gasteiger partial charge in [-0.1, -0.05) is 44.5 Å². The number of pyridine rings is 2. The Hall–Kier alpha value is -2.65. The van der Waals surface area contributed by atoms with Crippen molar-refractivity contribution in [2.75, 3.05) is 0 Å². The summed E-state index contributed by atoms with van der Waals surface area (Å²) < 4.78 is 6.06. The van der Waals surface area contributed by atoms with E-state index in [0.717, 1.165) is 27.7 Å². The number of benzene rings is 2. The summed E-state index contributed by atoms with van der Waals surface area (Å²) in [5.74, 6) is 1.56. The second-order valence-corrected chi connectivity index (χ2v) is 7.72. The van der Waals surface area contributed by atoms with Crippen molar-refractivity contribution < 1.29 is 4.74 Å². The Labute approximate surface area is 157 Å². The van der Waals surface area contributed by atoms with Crippen molar-refractivity contribution in [3.8, 4) is 11.5 Å². The monoisotopic (exact) mass is 362 g/mol. The van der Waals surface area contributed by atoms with Gasteiger partial charge in [-0.05, 0) is 58.8 Å². The molecule has 4 aromatic rings. The van der Waals surface area contributed by atoms with Gasteiger partial charge in [-0.25, -0.2) is 9.97 Å². The van der Waals surface area contributed by atoms with E-state index in [-0.39, 0.29) is 5.41 Å². The molecule has 3 nitrogen and oxygen atoms in total. The number of fused-ring (bicyclic) bond motifs is 3. The Morgan fingerprint density at radius 3 is 2.31 bits per heavy atom. The normalized spacial score (nSPS) is 11.8. The van der Waals surface area contributed by atoms with Crippen LogP contribution in [0.4, 0.5) is 0 Å². The van der Waals surface area contributed by atoms with Crippen LogP contribution in [0.2, 0.25) is 5.15 Å². The number of aromatic nitrogens is 2. The van der Waals surface area contributed by atoms with Gasteiger partial charge in [0.15, 0.2) is 5.65 Å². The zero-order valence-corrected chi connectivity index (χ0v) is 15.7. The van der Waals surface area contributed by atoms with Crippen molar-refractivity contribution >= 4 is 33.4 Å². The maximum absolute atomic E-state index is 6.32. The van der Waals surface area contributed by atoms with Crippen LogP contribution in [0.5, 0.6) is 11.5 Å². The quantitative estimate of drug-likeness (QED) is 0.300. The molecule has 130 valence electrons. The highest BCUT2D eigenvalue weighted by molar-refractivity contribution is 6.35. The van der Waals surface area contributed by atoms with Crippen LogP contribution in [0.15, 0.2) is 60.8 Å². The van der Waals surface area contributed by atoms with E-state index in [1.54, 1.807) is 6.20 Å². The van der Waals surface area contributed by atoms with Gasteiger partial charge in [0.25, 0.3) is 0 Å². The molecule has 26 heavy (non-hydrogen) atoms. The molecule has 0 bridgehead atoms. The molecule has 0 saturated carbocycles. The fourth-order valence-corrected chi connectivity index (χ4v) is 3.24. The first kappa shape index (κ1) is 16.8. The zero-order chi connectivity index (χ0) is 18.3. The topological polar surface area (TPSA) is 35.0 Å². The molecule has 0 fully saturated rings.